The monoisotopic (exact) mass is 443 g/mol. The molecule has 9 heteroatoms. The Morgan fingerprint density at radius 1 is 0.867 bits per heavy atom. The highest BCUT2D eigenvalue weighted by atomic mass is 32.2. The predicted octanol–water partition coefficient (Wildman–Crippen LogP) is 2.15. The van der Waals surface area contributed by atoms with Crippen molar-refractivity contribution in [3.8, 4) is 0 Å². The first-order valence-corrected chi connectivity index (χ1v) is 13.0. The quantitative estimate of drug-likeness (QED) is 0.667. The van der Waals surface area contributed by atoms with E-state index in [1.165, 1.54) is 10.6 Å². The number of hydrogen-bond donors (Lipinski definition) is 0. The third kappa shape index (κ3) is 5.87. The molecule has 30 heavy (non-hydrogen) atoms. The van der Waals surface area contributed by atoms with Gasteiger partial charge in [0.05, 0.1) is 12.2 Å². The van der Waals surface area contributed by atoms with Crippen LogP contribution in [-0.4, -0.2) is 85.6 Å². The lowest BCUT2D eigenvalue weighted by Crippen LogP contribution is -2.48. The second-order valence-electron chi connectivity index (χ2n) is 10.1. The number of nitrogens with zero attached hydrogens (tertiary/aromatic N) is 3. The standard InChI is InChI=1S/C21H37N3O5S/c1-21(2,3)29-20(26)23-13-9-17(14-23)16-7-11-22(12-8-16)19(25)18-6-5-10-24(15-18)30(4,27)28/h16-18H,5-15H2,1-4H3/t17-,18+/m1/s1. The summed E-state index contributed by atoms with van der Waals surface area (Å²) >= 11 is 0. The van der Waals surface area contributed by atoms with Crippen LogP contribution in [0.4, 0.5) is 4.79 Å². The third-order valence-corrected chi connectivity index (χ3v) is 7.87. The molecule has 3 aliphatic heterocycles. The average molecular weight is 444 g/mol. The van der Waals surface area contributed by atoms with Gasteiger partial charge in [0.1, 0.15) is 5.60 Å². The van der Waals surface area contributed by atoms with Crippen molar-refractivity contribution >= 4 is 22.0 Å². The van der Waals surface area contributed by atoms with Crippen LogP contribution in [0, 0.1) is 17.8 Å². The van der Waals surface area contributed by atoms with Gasteiger partial charge < -0.3 is 14.5 Å². The van der Waals surface area contributed by atoms with Crippen molar-refractivity contribution in [1.29, 1.82) is 0 Å². The zero-order valence-electron chi connectivity index (χ0n) is 18.8. The fourth-order valence-corrected chi connectivity index (χ4v) is 5.87. The lowest BCUT2D eigenvalue weighted by Gasteiger charge is -2.38. The molecule has 3 rings (SSSR count). The van der Waals surface area contributed by atoms with Gasteiger partial charge in [-0.05, 0) is 64.7 Å². The van der Waals surface area contributed by atoms with Crippen LogP contribution in [0.15, 0.2) is 0 Å². The lowest BCUT2D eigenvalue weighted by atomic mass is 9.83. The van der Waals surface area contributed by atoms with Crippen molar-refractivity contribution in [2.45, 2.75) is 58.5 Å². The fourth-order valence-electron chi connectivity index (χ4n) is 4.96. The number of likely N-dealkylation sites (tertiary alicyclic amines) is 2. The molecule has 3 aliphatic rings. The van der Waals surface area contributed by atoms with E-state index >= 15 is 0 Å². The van der Waals surface area contributed by atoms with Gasteiger partial charge in [-0.1, -0.05) is 0 Å². The zero-order valence-corrected chi connectivity index (χ0v) is 19.6. The van der Waals surface area contributed by atoms with E-state index in [0.29, 0.717) is 24.9 Å². The Labute approximate surface area is 180 Å². The van der Waals surface area contributed by atoms with Crippen molar-refractivity contribution in [3.05, 3.63) is 0 Å². The molecule has 2 amide bonds. The minimum atomic E-state index is -3.25. The summed E-state index contributed by atoms with van der Waals surface area (Å²) in [6.45, 7) is 9.39. The van der Waals surface area contributed by atoms with E-state index in [1.807, 2.05) is 30.6 Å². The third-order valence-electron chi connectivity index (χ3n) is 6.60. The highest BCUT2D eigenvalue weighted by Crippen LogP contribution is 2.33. The molecule has 2 atom stereocenters. The van der Waals surface area contributed by atoms with Gasteiger partial charge in [-0.2, -0.15) is 0 Å². The van der Waals surface area contributed by atoms with Gasteiger partial charge in [0.25, 0.3) is 0 Å². The van der Waals surface area contributed by atoms with Gasteiger partial charge in [0.15, 0.2) is 0 Å². The first kappa shape index (κ1) is 23.3. The number of carbonyl (C=O) groups is 2. The molecule has 0 aromatic carbocycles. The number of hydrogen-bond acceptors (Lipinski definition) is 5. The molecule has 172 valence electrons. The molecule has 0 N–H and O–H groups in total. The minimum Gasteiger partial charge on any atom is -0.444 e. The molecule has 0 unspecified atom stereocenters. The molecule has 3 fully saturated rings. The molecule has 0 aromatic rings. The smallest absolute Gasteiger partial charge is 0.410 e. The van der Waals surface area contributed by atoms with Crippen molar-refractivity contribution in [3.63, 3.8) is 0 Å². The Morgan fingerprint density at radius 2 is 1.47 bits per heavy atom. The van der Waals surface area contributed by atoms with Crippen LogP contribution < -0.4 is 0 Å². The fraction of sp³-hybridized carbons (Fsp3) is 0.905. The first-order valence-electron chi connectivity index (χ1n) is 11.2. The molecular weight excluding hydrogens is 406 g/mol. The Bertz CT molecular complexity index is 740. The van der Waals surface area contributed by atoms with Crippen LogP contribution in [0.25, 0.3) is 0 Å². The van der Waals surface area contributed by atoms with E-state index in [2.05, 4.69) is 0 Å². The molecule has 8 nitrogen and oxygen atoms in total. The van der Waals surface area contributed by atoms with E-state index in [0.717, 1.165) is 58.3 Å². The summed E-state index contributed by atoms with van der Waals surface area (Å²) in [5, 5.41) is 0. The van der Waals surface area contributed by atoms with Crippen LogP contribution >= 0.6 is 0 Å². The molecule has 0 saturated carbocycles. The van der Waals surface area contributed by atoms with Crippen LogP contribution in [0.5, 0.6) is 0 Å². The first-order chi connectivity index (χ1) is 13.9. The average Bonchev–Trinajstić information content (AvgIpc) is 3.16. The molecule has 0 radical (unpaired) electrons. The number of piperidine rings is 2. The maximum Gasteiger partial charge on any atom is 0.410 e. The number of amides is 2. The molecular formula is C21H37N3O5S. The summed E-state index contributed by atoms with van der Waals surface area (Å²) in [7, 11) is -3.25. The largest absolute Gasteiger partial charge is 0.444 e. The zero-order chi connectivity index (χ0) is 22.1. The van der Waals surface area contributed by atoms with Crippen LogP contribution in [0.2, 0.25) is 0 Å². The number of rotatable bonds is 3. The normalized spacial score (nSPS) is 27.3. The number of carbonyl (C=O) groups excluding carboxylic acids is 2. The van der Waals surface area contributed by atoms with E-state index in [1.54, 1.807) is 0 Å². The van der Waals surface area contributed by atoms with Crippen molar-refractivity contribution in [1.82, 2.24) is 14.1 Å². The summed E-state index contributed by atoms with van der Waals surface area (Å²) in [6.07, 6.45) is 5.37. The van der Waals surface area contributed by atoms with E-state index < -0.39 is 15.6 Å². The van der Waals surface area contributed by atoms with Gasteiger partial charge in [-0.3, -0.25) is 4.79 Å². The van der Waals surface area contributed by atoms with E-state index in [9.17, 15) is 18.0 Å². The van der Waals surface area contributed by atoms with Gasteiger partial charge in [-0.25, -0.2) is 17.5 Å². The summed E-state index contributed by atoms with van der Waals surface area (Å²) < 4.78 is 30.6. The highest BCUT2D eigenvalue weighted by Gasteiger charge is 2.38. The summed E-state index contributed by atoms with van der Waals surface area (Å²) in [5.41, 5.74) is -0.479. The van der Waals surface area contributed by atoms with Gasteiger partial charge >= 0.3 is 6.09 Å². The Balaban J connectivity index is 1.47. The van der Waals surface area contributed by atoms with Gasteiger partial charge in [0, 0.05) is 39.3 Å². The molecule has 0 aliphatic carbocycles. The topological polar surface area (TPSA) is 87.2 Å². The van der Waals surface area contributed by atoms with Crippen molar-refractivity contribution < 1.29 is 22.7 Å². The molecule has 3 saturated heterocycles. The summed E-state index contributed by atoms with van der Waals surface area (Å²) in [4.78, 5) is 29.0. The van der Waals surface area contributed by atoms with Crippen molar-refractivity contribution in [2.75, 3.05) is 45.5 Å². The number of sulfonamides is 1. The second kappa shape index (κ2) is 9.02. The van der Waals surface area contributed by atoms with Crippen molar-refractivity contribution in [2.24, 2.45) is 17.8 Å². The van der Waals surface area contributed by atoms with E-state index in [4.69, 9.17) is 4.74 Å². The van der Waals surface area contributed by atoms with Crippen LogP contribution in [0.3, 0.4) is 0 Å². The summed E-state index contributed by atoms with van der Waals surface area (Å²) in [6, 6.07) is 0. The molecule has 0 spiro atoms. The SMILES string of the molecule is CC(C)(C)OC(=O)N1CC[C@@H](C2CCN(C(=O)[C@H]3CCCN(S(C)(=O)=O)C3)CC2)C1. The maximum absolute atomic E-state index is 13.0. The Kier molecular flexibility index (Phi) is 7.01. The van der Waals surface area contributed by atoms with Gasteiger partial charge in [-0.15, -0.1) is 0 Å². The molecule has 0 bridgehead atoms. The van der Waals surface area contributed by atoms with Crippen LogP contribution in [-0.2, 0) is 19.6 Å². The Morgan fingerprint density at radius 3 is 2.07 bits per heavy atom. The van der Waals surface area contributed by atoms with E-state index in [-0.39, 0.29) is 17.9 Å². The predicted molar refractivity (Wildman–Crippen MR) is 114 cm³/mol. The maximum atomic E-state index is 13.0. The van der Waals surface area contributed by atoms with Crippen LogP contribution in [0.1, 0.15) is 52.9 Å². The second-order valence-corrected chi connectivity index (χ2v) is 12.1. The molecule has 3 heterocycles. The van der Waals surface area contributed by atoms with Gasteiger partial charge in [0.2, 0.25) is 15.9 Å². The molecule has 0 aromatic heterocycles. The highest BCUT2D eigenvalue weighted by molar-refractivity contribution is 7.88. The lowest BCUT2D eigenvalue weighted by molar-refractivity contribution is -0.138. The number of ether oxygens (including phenoxy) is 1. The minimum absolute atomic E-state index is 0.101. The Hall–Kier alpha value is -1.35. The summed E-state index contributed by atoms with van der Waals surface area (Å²) in [5.74, 6) is 0.855.